The van der Waals surface area contributed by atoms with Crippen LogP contribution in [0.15, 0.2) is 30.3 Å². The van der Waals surface area contributed by atoms with Crippen molar-refractivity contribution in [3.05, 3.63) is 35.9 Å². The van der Waals surface area contributed by atoms with E-state index in [-0.39, 0.29) is 5.91 Å². The third kappa shape index (κ3) is 3.92. The summed E-state index contributed by atoms with van der Waals surface area (Å²) in [6.45, 7) is 2.77. The molecular weight excluding hydrogens is 242 g/mol. The number of carbonyl (C=O) groups is 1. The van der Waals surface area contributed by atoms with Gasteiger partial charge in [0.2, 0.25) is 0 Å². The van der Waals surface area contributed by atoms with Gasteiger partial charge in [-0.25, -0.2) is 0 Å². The van der Waals surface area contributed by atoms with Gasteiger partial charge in [-0.05, 0) is 18.6 Å². The molecule has 0 aliphatic rings. The third-order valence-corrected chi connectivity index (χ3v) is 2.32. The molecule has 2 nitrogen and oxygen atoms in total. The summed E-state index contributed by atoms with van der Waals surface area (Å²) in [5.41, 5.74) is 0.717. The first-order valence-electron chi connectivity index (χ1n) is 4.67. The number of hydrogen-bond donors (Lipinski definition) is 1. The van der Waals surface area contributed by atoms with Crippen molar-refractivity contribution in [1.82, 2.24) is 5.32 Å². The van der Waals surface area contributed by atoms with Crippen molar-refractivity contribution in [1.29, 1.82) is 0 Å². The van der Waals surface area contributed by atoms with Crippen LogP contribution in [0.5, 0.6) is 0 Å². The number of hydrogen-bond acceptors (Lipinski definition) is 1. The Kier molecular flexibility index (Phi) is 4.66. The first kappa shape index (κ1) is 11.2. The van der Waals surface area contributed by atoms with Gasteiger partial charge in [-0.3, -0.25) is 4.79 Å². The molecule has 1 aromatic rings. The molecule has 1 N–H and O–H groups in total. The number of rotatable bonds is 4. The zero-order valence-electron chi connectivity index (χ0n) is 8.16. The second-order valence-corrected chi connectivity index (χ2v) is 4.75. The monoisotopic (exact) mass is 255 g/mol. The van der Waals surface area contributed by atoms with E-state index in [1.165, 1.54) is 0 Å². The molecule has 0 bridgehead atoms. The summed E-state index contributed by atoms with van der Waals surface area (Å²) in [6.07, 6.45) is 0.943. The van der Waals surface area contributed by atoms with Gasteiger partial charge in [0, 0.05) is 16.9 Å². The lowest BCUT2D eigenvalue weighted by atomic mass is 10.2. The maximum atomic E-state index is 11.5. The van der Waals surface area contributed by atoms with Gasteiger partial charge in [0.15, 0.2) is 0 Å². The molecule has 0 aromatic heterocycles. The standard InChI is InChI=1S/C11H14BrNO/c1-9(12)7-8-13-11(14)10-5-3-2-4-6-10/h2-6,9H,7-8H2,1H3,(H,13,14). The van der Waals surface area contributed by atoms with Crippen LogP contribution in [0, 0.1) is 0 Å². The van der Waals surface area contributed by atoms with Crippen LogP contribution in [0.25, 0.3) is 0 Å². The van der Waals surface area contributed by atoms with Gasteiger partial charge >= 0.3 is 0 Å². The molecule has 3 heteroatoms. The lowest BCUT2D eigenvalue weighted by molar-refractivity contribution is 0.0953. The summed E-state index contributed by atoms with van der Waals surface area (Å²) in [4.78, 5) is 11.9. The van der Waals surface area contributed by atoms with Crippen molar-refractivity contribution in [3.63, 3.8) is 0 Å². The van der Waals surface area contributed by atoms with Crippen LogP contribution in [0.3, 0.4) is 0 Å². The van der Waals surface area contributed by atoms with E-state index >= 15 is 0 Å². The first-order chi connectivity index (χ1) is 6.70. The van der Waals surface area contributed by atoms with E-state index in [9.17, 15) is 4.79 Å². The normalized spacial score (nSPS) is 12.1. The Morgan fingerprint density at radius 2 is 2.07 bits per heavy atom. The number of halogens is 1. The molecular formula is C11H14BrNO. The van der Waals surface area contributed by atoms with E-state index in [0.29, 0.717) is 11.4 Å². The van der Waals surface area contributed by atoms with Crippen LogP contribution in [0.1, 0.15) is 23.7 Å². The molecule has 1 rings (SSSR count). The smallest absolute Gasteiger partial charge is 0.251 e. The van der Waals surface area contributed by atoms with Gasteiger partial charge in [-0.15, -0.1) is 0 Å². The molecule has 0 spiro atoms. The average molecular weight is 256 g/mol. The van der Waals surface area contributed by atoms with Crippen LogP contribution < -0.4 is 5.32 Å². The molecule has 0 aliphatic carbocycles. The van der Waals surface area contributed by atoms with Crippen molar-refractivity contribution in [2.75, 3.05) is 6.54 Å². The molecule has 76 valence electrons. The van der Waals surface area contributed by atoms with Gasteiger partial charge in [-0.1, -0.05) is 41.1 Å². The van der Waals surface area contributed by atoms with E-state index in [1.807, 2.05) is 30.3 Å². The molecule has 0 saturated heterocycles. The zero-order valence-corrected chi connectivity index (χ0v) is 9.75. The number of nitrogens with one attached hydrogen (secondary N) is 1. The average Bonchev–Trinajstić information content (AvgIpc) is 2.18. The number of carbonyl (C=O) groups excluding carboxylic acids is 1. The van der Waals surface area contributed by atoms with Crippen LogP contribution in [0.4, 0.5) is 0 Å². The summed E-state index contributed by atoms with van der Waals surface area (Å²) in [5, 5.41) is 2.86. The molecule has 0 saturated carbocycles. The minimum absolute atomic E-state index is 0.00116. The number of amides is 1. The van der Waals surface area contributed by atoms with Crippen LogP contribution in [-0.4, -0.2) is 17.3 Å². The van der Waals surface area contributed by atoms with Gasteiger partial charge in [-0.2, -0.15) is 0 Å². The van der Waals surface area contributed by atoms with Crippen LogP contribution >= 0.6 is 15.9 Å². The van der Waals surface area contributed by atoms with Crippen LogP contribution in [0.2, 0.25) is 0 Å². The summed E-state index contributed by atoms with van der Waals surface area (Å²) in [6, 6.07) is 9.25. The van der Waals surface area contributed by atoms with Gasteiger partial charge < -0.3 is 5.32 Å². The zero-order chi connectivity index (χ0) is 10.4. The largest absolute Gasteiger partial charge is 0.352 e. The van der Waals surface area contributed by atoms with Crippen molar-refractivity contribution < 1.29 is 4.79 Å². The lowest BCUT2D eigenvalue weighted by Gasteiger charge is -2.05. The lowest BCUT2D eigenvalue weighted by Crippen LogP contribution is -2.25. The van der Waals surface area contributed by atoms with Crippen molar-refractivity contribution in [2.24, 2.45) is 0 Å². The number of benzene rings is 1. The van der Waals surface area contributed by atoms with E-state index in [2.05, 4.69) is 28.2 Å². The Hall–Kier alpha value is -0.830. The highest BCUT2D eigenvalue weighted by Gasteiger charge is 2.03. The minimum Gasteiger partial charge on any atom is -0.352 e. The SMILES string of the molecule is CC(Br)CCNC(=O)c1ccccc1. The molecule has 0 radical (unpaired) electrons. The van der Waals surface area contributed by atoms with E-state index in [1.54, 1.807) is 0 Å². The summed E-state index contributed by atoms with van der Waals surface area (Å²) in [5.74, 6) is -0.00116. The van der Waals surface area contributed by atoms with Crippen molar-refractivity contribution >= 4 is 21.8 Å². The predicted molar refractivity (Wildman–Crippen MR) is 61.8 cm³/mol. The topological polar surface area (TPSA) is 29.1 Å². The molecule has 0 fully saturated rings. The van der Waals surface area contributed by atoms with Crippen molar-refractivity contribution in [3.8, 4) is 0 Å². The summed E-state index contributed by atoms with van der Waals surface area (Å²) >= 11 is 3.43. The molecule has 0 heterocycles. The molecule has 0 aliphatic heterocycles. The van der Waals surface area contributed by atoms with E-state index in [4.69, 9.17) is 0 Å². The highest BCUT2D eigenvalue weighted by Crippen LogP contribution is 2.02. The van der Waals surface area contributed by atoms with E-state index in [0.717, 1.165) is 12.0 Å². The molecule has 1 aromatic carbocycles. The fraction of sp³-hybridized carbons (Fsp3) is 0.364. The maximum Gasteiger partial charge on any atom is 0.251 e. The van der Waals surface area contributed by atoms with Crippen LogP contribution in [-0.2, 0) is 0 Å². The maximum absolute atomic E-state index is 11.5. The Labute approximate surface area is 92.8 Å². The van der Waals surface area contributed by atoms with Crippen molar-refractivity contribution in [2.45, 2.75) is 18.2 Å². The number of alkyl halides is 1. The Morgan fingerprint density at radius 1 is 1.43 bits per heavy atom. The van der Waals surface area contributed by atoms with E-state index < -0.39 is 0 Å². The highest BCUT2D eigenvalue weighted by atomic mass is 79.9. The summed E-state index contributed by atoms with van der Waals surface area (Å²) < 4.78 is 0. The Morgan fingerprint density at radius 3 is 2.64 bits per heavy atom. The predicted octanol–water partition coefficient (Wildman–Crippen LogP) is 2.59. The quantitative estimate of drug-likeness (QED) is 0.824. The third-order valence-electron chi connectivity index (χ3n) is 1.86. The fourth-order valence-corrected chi connectivity index (χ4v) is 1.31. The fourth-order valence-electron chi connectivity index (χ4n) is 1.08. The Bertz CT molecular complexity index is 285. The molecule has 1 unspecified atom stereocenters. The first-order valence-corrected chi connectivity index (χ1v) is 5.59. The van der Waals surface area contributed by atoms with Gasteiger partial charge in [0.05, 0.1) is 0 Å². The second kappa shape index (κ2) is 5.81. The molecule has 1 atom stereocenters. The Balaban J connectivity index is 2.36. The molecule has 1 amide bonds. The molecule has 14 heavy (non-hydrogen) atoms. The second-order valence-electron chi connectivity index (χ2n) is 3.19. The summed E-state index contributed by atoms with van der Waals surface area (Å²) in [7, 11) is 0. The highest BCUT2D eigenvalue weighted by molar-refractivity contribution is 9.09. The minimum atomic E-state index is -0.00116. The van der Waals surface area contributed by atoms with Gasteiger partial charge in [0.1, 0.15) is 0 Å². The van der Waals surface area contributed by atoms with Gasteiger partial charge in [0.25, 0.3) is 5.91 Å².